The number of benzene rings is 2. The van der Waals surface area contributed by atoms with Crippen molar-refractivity contribution in [1.29, 1.82) is 0 Å². The van der Waals surface area contributed by atoms with Gasteiger partial charge >= 0.3 is 11.9 Å². The van der Waals surface area contributed by atoms with E-state index in [4.69, 9.17) is 9.47 Å². The number of esters is 2. The van der Waals surface area contributed by atoms with E-state index in [0.717, 1.165) is 0 Å². The molecule has 2 aromatic rings. The van der Waals surface area contributed by atoms with Crippen molar-refractivity contribution in [1.82, 2.24) is 4.90 Å². The molecule has 1 heterocycles. The minimum Gasteiger partial charge on any atom is -0.466 e. The second-order valence-corrected chi connectivity index (χ2v) is 7.26. The highest BCUT2D eigenvalue weighted by Gasteiger charge is 2.28. The second-order valence-electron chi connectivity index (χ2n) is 7.26. The Kier molecular flexibility index (Phi) is 7.54. The number of nitrogens with zero attached hydrogens (tertiary/aromatic N) is 1. The van der Waals surface area contributed by atoms with Gasteiger partial charge in [0.25, 0.3) is 5.91 Å². The summed E-state index contributed by atoms with van der Waals surface area (Å²) >= 11 is 0. The Hall–Kier alpha value is -3.48. The predicted octanol–water partition coefficient (Wildman–Crippen LogP) is 2.88. The first-order chi connectivity index (χ1) is 15.0. The van der Waals surface area contributed by atoms with Crippen LogP contribution in [0.25, 0.3) is 0 Å². The summed E-state index contributed by atoms with van der Waals surface area (Å²) in [5.74, 6) is -1.49. The molecule has 0 aliphatic carbocycles. The summed E-state index contributed by atoms with van der Waals surface area (Å²) in [6.07, 6.45) is 1.07. The van der Waals surface area contributed by atoms with Crippen molar-refractivity contribution in [2.24, 2.45) is 5.92 Å². The van der Waals surface area contributed by atoms with Crippen molar-refractivity contribution in [3.63, 3.8) is 0 Å². The van der Waals surface area contributed by atoms with Crippen LogP contribution in [0.3, 0.4) is 0 Å². The SMILES string of the molecule is CCOC(=O)C1CCN(C(=O)COC(=O)c2ccc(C(=O)c3ccccc3)cc2)CC1. The van der Waals surface area contributed by atoms with Crippen molar-refractivity contribution < 1.29 is 28.7 Å². The zero-order chi connectivity index (χ0) is 22.2. The largest absolute Gasteiger partial charge is 0.466 e. The lowest BCUT2D eigenvalue weighted by Crippen LogP contribution is -2.42. The molecule has 0 N–H and O–H groups in total. The Morgan fingerprint density at radius 2 is 1.42 bits per heavy atom. The molecular weight excluding hydrogens is 398 g/mol. The van der Waals surface area contributed by atoms with Crippen LogP contribution in [-0.4, -0.2) is 54.8 Å². The van der Waals surface area contributed by atoms with Crippen molar-refractivity contribution in [2.75, 3.05) is 26.3 Å². The lowest BCUT2D eigenvalue weighted by molar-refractivity contribution is -0.151. The smallest absolute Gasteiger partial charge is 0.338 e. The Bertz CT molecular complexity index is 930. The van der Waals surface area contributed by atoms with E-state index in [-0.39, 0.29) is 35.7 Å². The van der Waals surface area contributed by atoms with E-state index in [1.807, 2.05) is 6.07 Å². The molecule has 0 aromatic heterocycles. The Balaban J connectivity index is 1.48. The molecule has 0 atom stereocenters. The Morgan fingerprint density at radius 1 is 0.839 bits per heavy atom. The molecule has 31 heavy (non-hydrogen) atoms. The minimum atomic E-state index is -0.631. The molecule has 0 radical (unpaired) electrons. The summed E-state index contributed by atoms with van der Waals surface area (Å²) < 4.78 is 10.2. The molecule has 1 aliphatic heterocycles. The number of hydrogen-bond donors (Lipinski definition) is 0. The van der Waals surface area contributed by atoms with Gasteiger partial charge in [-0.25, -0.2) is 4.79 Å². The minimum absolute atomic E-state index is 0.137. The molecule has 0 spiro atoms. The quantitative estimate of drug-likeness (QED) is 0.503. The Morgan fingerprint density at radius 3 is 2.03 bits per heavy atom. The Labute approximate surface area is 180 Å². The molecule has 1 fully saturated rings. The van der Waals surface area contributed by atoms with Gasteiger partial charge in [0.15, 0.2) is 12.4 Å². The van der Waals surface area contributed by atoms with Crippen molar-refractivity contribution >= 4 is 23.6 Å². The van der Waals surface area contributed by atoms with Gasteiger partial charge in [0.05, 0.1) is 18.1 Å². The highest BCUT2D eigenvalue weighted by atomic mass is 16.5. The molecule has 0 saturated carbocycles. The fourth-order valence-electron chi connectivity index (χ4n) is 3.44. The van der Waals surface area contributed by atoms with Crippen molar-refractivity contribution in [3.05, 3.63) is 71.3 Å². The predicted molar refractivity (Wildman–Crippen MR) is 113 cm³/mol. The fraction of sp³-hybridized carbons (Fsp3) is 0.333. The first-order valence-electron chi connectivity index (χ1n) is 10.3. The maximum Gasteiger partial charge on any atom is 0.338 e. The third-order valence-corrected chi connectivity index (χ3v) is 5.21. The maximum absolute atomic E-state index is 12.4. The van der Waals surface area contributed by atoms with Gasteiger partial charge in [0.2, 0.25) is 0 Å². The third-order valence-electron chi connectivity index (χ3n) is 5.21. The topological polar surface area (TPSA) is 90.0 Å². The van der Waals surface area contributed by atoms with Gasteiger partial charge in [-0.2, -0.15) is 0 Å². The molecule has 1 aliphatic rings. The fourth-order valence-corrected chi connectivity index (χ4v) is 3.44. The van der Waals surface area contributed by atoms with Gasteiger partial charge in [-0.05, 0) is 31.9 Å². The van der Waals surface area contributed by atoms with Crippen LogP contribution in [0.15, 0.2) is 54.6 Å². The molecule has 0 unspecified atom stereocenters. The average molecular weight is 423 g/mol. The molecule has 7 nitrogen and oxygen atoms in total. The van der Waals surface area contributed by atoms with Crippen LogP contribution >= 0.6 is 0 Å². The van der Waals surface area contributed by atoms with Gasteiger partial charge < -0.3 is 14.4 Å². The first-order valence-corrected chi connectivity index (χ1v) is 10.3. The van der Waals surface area contributed by atoms with E-state index in [1.165, 1.54) is 12.1 Å². The van der Waals surface area contributed by atoms with Gasteiger partial charge in [-0.3, -0.25) is 14.4 Å². The zero-order valence-corrected chi connectivity index (χ0v) is 17.4. The van der Waals surface area contributed by atoms with Crippen molar-refractivity contribution in [2.45, 2.75) is 19.8 Å². The molecule has 0 bridgehead atoms. The number of carbonyl (C=O) groups is 4. The molecule has 3 rings (SSSR count). The van der Waals surface area contributed by atoms with Crippen LogP contribution in [0, 0.1) is 5.92 Å². The van der Waals surface area contributed by atoms with E-state index in [1.54, 1.807) is 48.2 Å². The van der Waals surface area contributed by atoms with Crippen LogP contribution in [0.5, 0.6) is 0 Å². The number of rotatable bonds is 7. The highest BCUT2D eigenvalue weighted by Crippen LogP contribution is 2.19. The monoisotopic (exact) mass is 423 g/mol. The van der Waals surface area contributed by atoms with Crippen LogP contribution in [-0.2, 0) is 19.1 Å². The molecule has 1 amide bonds. The number of carbonyl (C=O) groups excluding carboxylic acids is 4. The normalized spacial score (nSPS) is 14.0. The van der Waals surface area contributed by atoms with E-state index < -0.39 is 5.97 Å². The summed E-state index contributed by atoms with van der Waals surface area (Å²) in [6.45, 7) is 2.59. The number of piperidine rings is 1. The second kappa shape index (κ2) is 10.5. The zero-order valence-electron chi connectivity index (χ0n) is 17.4. The van der Waals surface area contributed by atoms with Gasteiger partial charge in [0.1, 0.15) is 0 Å². The van der Waals surface area contributed by atoms with Crippen molar-refractivity contribution in [3.8, 4) is 0 Å². The molecule has 7 heteroatoms. The van der Waals surface area contributed by atoms with Crippen LogP contribution in [0.1, 0.15) is 46.0 Å². The lowest BCUT2D eigenvalue weighted by atomic mass is 9.97. The number of hydrogen-bond acceptors (Lipinski definition) is 6. The van der Waals surface area contributed by atoms with E-state index >= 15 is 0 Å². The van der Waals surface area contributed by atoms with Crippen LogP contribution < -0.4 is 0 Å². The van der Waals surface area contributed by atoms with E-state index in [9.17, 15) is 19.2 Å². The number of ether oxygens (including phenoxy) is 2. The molecular formula is C24H25NO6. The van der Waals surface area contributed by atoms with E-state index in [2.05, 4.69) is 0 Å². The van der Waals surface area contributed by atoms with E-state index in [0.29, 0.717) is 43.7 Å². The third kappa shape index (κ3) is 5.78. The van der Waals surface area contributed by atoms with Gasteiger partial charge in [0, 0.05) is 24.2 Å². The van der Waals surface area contributed by atoms with Gasteiger partial charge in [-0.1, -0.05) is 42.5 Å². The van der Waals surface area contributed by atoms with Crippen LogP contribution in [0.2, 0.25) is 0 Å². The maximum atomic E-state index is 12.4. The van der Waals surface area contributed by atoms with Gasteiger partial charge in [-0.15, -0.1) is 0 Å². The molecule has 162 valence electrons. The first kappa shape index (κ1) is 22.2. The molecule has 1 saturated heterocycles. The number of likely N-dealkylation sites (tertiary alicyclic amines) is 1. The standard InChI is InChI=1S/C24H25NO6/c1-2-30-23(28)20-12-14-25(15-13-20)21(26)16-31-24(29)19-10-8-18(9-11-19)22(27)17-6-4-3-5-7-17/h3-11,20H,2,12-16H2,1H3. The van der Waals surface area contributed by atoms with Crippen LogP contribution in [0.4, 0.5) is 0 Å². The average Bonchev–Trinajstić information content (AvgIpc) is 2.82. The lowest BCUT2D eigenvalue weighted by Gasteiger charge is -2.30. The summed E-state index contributed by atoms with van der Waals surface area (Å²) in [7, 11) is 0. The summed E-state index contributed by atoms with van der Waals surface area (Å²) in [5, 5.41) is 0. The highest BCUT2D eigenvalue weighted by molar-refractivity contribution is 6.09. The summed E-state index contributed by atoms with van der Waals surface area (Å²) in [6, 6.07) is 15.0. The summed E-state index contributed by atoms with van der Waals surface area (Å²) in [4.78, 5) is 50.4. The number of amides is 1. The summed E-state index contributed by atoms with van der Waals surface area (Å²) in [5.41, 5.74) is 1.29. The number of ketones is 1. The molecule has 2 aromatic carbocycles.